The Balaban J connectivity index is 1.58. The van der Waals surface area contributed by atoms with Gasteiger partial charge in [-0.3, -0.25) is 0 Å². The number of amides is 2. The van der Waals surface area contributed by atoms with E-state index in [9.17, 15) is 13.2 Å². The zero-order chi connectivity index (χ0) is 20.3. The molecule has 6 nitrogen and oxygen atoms in total. The third-order valence-electron chi connectivity index (χ3n) is 4.81. The molecule has 8 heteroatoms. The first-order valence-electron chi connectivity index (χ1n) is 9.12. The molecule has 0 saturated carbocycles. The van der Waals surface area contributed by atoms with Gasteiger partial charge in [-0.2, -0.15) is 4.31 Å². The van der Waals surface area contributed by atoms with Crippen LogP contribution in [0.25, 0.3) is 0 Å². The van der Waals surface area contributed by atoms with Crippen LogP contribution < -0.4 is 5.32 Å². The van der Waals surface area contributed by atoms with E-state index in [2.05, 4.69) is 21.2 Å². The van der Waals surface area contributed by atoms with Crippen LogP contribution in [0.1, 0.15) is 16.7 Å². The zero-order valence-electron chi connectivity index (χ0n) is 16.0. The van der Waals surface area contributed by atoms with Gasteiger partial charge in [0.05, 0.1) is 4.90 Å². The van der Waals surface area contributed by atoms with Crippen LogP contribution in [0.15, 0.2) is 51.8 Å². The summed E-state index contributed by atoms with van der Waals surface area (Å²) in [6.07, 6.45) is 0. The van der Waals surface area contributed by atoms with Crippen LogP contribution in [0.2, 0.25) is 0 Å². The van der Waals surface area contributed by atoms with Crippen molar-refractivity contribution in [1.82, 2.24) is 14.5 Å². The molecule has 28 heavy (non-hydrogen) atoms. The van der Waals surface area contributed by atoms with Crippen LogP contribution in [-0.2, 0) is 16.6 Å². The fraction of sp³-hybridized carbons (Fsp3) is 0.350. The number of nitrogens with one attached hydrogen (secondary N) is 1. The fourth-order valence-corrected chi connectivity index (χ4v) is 5.37. The fourth-order valence-electron chi connectivity index (χ4n) is 3.30. The van der Waals surface area contributed by atoms with Gasteiger partial charge in [0, 0.05) is 37.2 Å². The molecule has 1 heterocycles. The molecule has 3 rings (SSSR count). The lowest BCUT2D eigenvalue weighted by atomic mass is 10.2. The van der Waals surface area contributed by atoms with Crippen LogP contribution in [0.3, 0.4) is 0 Å². The van der Waals surface area contributed by atoms with Crippen molar-refractivity contribution in [2.24, 2.45) is 0 Å². The minimum absolute atomic E-state index is 0.177. The maximum atomic E-state index is 12.9. The number of benzene rings is 2. The van der Waals surface area contributed by atoms with Crippen LogP contribution in [0.5, 0.6) is 0 Å². The van der Waals surface area contributed by atoms with Gasteiger partial charge in [-0.25, -0.2) is 13.2 Å². The highest BCUT2D eigenvalue weighted by atomic mass is 79.9. The van der Waals surface area contributed by atoms with Crippen molar-refractivity contribution in [2.45, 2.75) is 25.3 Å². The summed E-state index contributed by atoms with van der Waals surface area (Å²) in [5, 5.41) is 2.89. The summed E-state index contributed by atoms with van der Waals surface area (Å²) >= 11 is 3.41. The van der Waals surface area contributed by atoms with Gasteiger partial charge < -0.3 is 10.2 Å². The summed E-state index contributed by atoms with van der Waals surface area (Å²) in [5.41, 5.74) is 2.77. The predicted octanol–water partition coefficient (Wildman–Crippen LogP) is 3.28. The molecule has 0 radical (unpaired) electrons. The molecule has 1 N–H and O–H groups in total. The molecule has 2 amide bonds. The summed E-state index contributed by atoms with van der Waals surface area (Å²) in [5.74, 6) is 0. The number of nitrogens with zero attached hydrogens (tertiary/aromatic N) is 2. The van der Waals surface area contributed by atoms with E-state index in [4.69, 9.17) is 0 Å². The van der Waals surface area contributed by atoms with Crippen LogP contribution in [-0.4, -0.2) is 49.8 Å². The third-order valence-corrected chi connectivity index (χ3v) is 7.36. The number of hydrogen-bond acceptors (Lipinski definition) is 3. The molecule has 150 valence electrons. The molecule has 1 saturated heterocycles. The number of rotatable bonds is 4. The summed E-state index contributed by atoms with van der Waals surface area (Å²) in [6.45, 7) is 5.50. The van der Waals surface area contributed by atoms with E-state index in [0.29, 0.717) is 37.6 Å². The number of hydrogen-bond donors (Lipinski definition) is 1. The van der Waals surface area contributed by atoms with Crippen LogP contribution in [0.4, 0.5) is 4.79 Å². The summed E-state index contributed by atoms with van der Waals surface area (Å²) < 4.78 is 28.3. The van der Waals surface area contributed by atoms with E-state index < -0.39 is 10.0 Å². The zero-order valence-corrected chi connectivity index (χ0v) is 18.4. The molecule has 0 unspecified atom stereocenters. The maximum absolute atomic E-state index is 12.9. The largest absolute Gasteiger partial charge is 0.334 e. The molecule has 1 fully saturated rings. The van der Waals surface area contributed by atoms with E-state index in [-0.39, 0.29) is 6.03 Å². The van der Waals surface area contributed by atoms with Crippen molar-refractivity contribution in [1.29, 1.82) is 0 Å². The highest BCUT2D eigenvalue weighted by Gasteiger charge is 2.30. The first-order valence-corrected chi connectivity index (χ1v) is 11.4. The van der Waals surface area contributed by atoms with Crippen LogP contribution in [0, 0.1) is 13.8 Å². The lowest BCUT2D eigenvalue weighted by Crippen LogP contribution is -2.53. The maximum Gasteiger partial charge on any atom is 0.317 e. The lowest BCUT2D eigenvalue weighted by Gasteiger charge is -2.34. The van der Waals surface area contributed by atoms with Gasteiger partial charge in [0.25, 0.3) is 0 Å². The Morgan fingerprint density at radius 3 is 2.43 bits per heavy atom. The minimum Gasteiger partial charge on any atom is -0.334 e. The molecule has 0 bridgehead atoms. The Hall–Kier alpha value is -1.90. The van der Waals surface area contributed by atoms with Crippen LogP contribution >= 0.6 is 15.9 Å². The van der Waals surface area contributed by atoms with Gasteiger partial charge >= 0.3 is 6.03 Å². The predicted molar refractivity (Wildman–Crippen MR) is 113 cm³/mol. The first kappa shape index (κ1) is 20.8. The summed E-state index contributed by atoms with van der Waals surface area (Å²) in [7, 11) is -3.55. The second kappa shape index (κ2) is 8.63. The summed E-state index contributed by atoms with van der Waals surface area (Å²) in [6, 6.07) is 12.9. The normalized spacial score (nSPS) is 15.5. The number of carbonyl (C=O) groups excluding carboxylic acids is 1. The molecule has 1 aliphatic heterocycles. The smallest absolute Gasteiger partial charge is 0.317 e. The van der Waals surface area contributed by atoms with Crippen molar-refractivity contribution in [2.75, 3.05) is 26.2 Å². The van der Waals surface area contributed by atoms with Crippen molar-refractivity contribution >= 4 is 32.0 Å². The van der Waals surface area contributed by atoms with Gasteiger partial charge in [-0.15, -0.1) is 0 Å². The standard InChI is InChI=1S/C20H24BrN3O3S/c1-15-6-7-19(16(2)12-15)28(26,27)24-10-8-23(9-11-24)20(25)22-14-17-4-3-5-18(21)13-17/h3-7,12-13H,8-11,14H2,1-2H3,(H,22,25). The lowest BCUT2D eigenvalue weighted by molar-refractivity contribution is 0.172. The highest BCUT2D eigenvalue weighted by molar-refractivity contribution is 9.10. The van der Waals surface area contributed by atoms with Gasteiger partial charge in [0.2, 0.25) is 10.0 Å². The number of halogens is 1. The topological polar surface area (TPSA) is 69.7 Å². The SMILES string of the molecule is Cc1ccc(S(=O)(=O)N2CCN(C(=O)NCc3cccc(Br)c3)CC2)c(C)c1. The number of aryl methyl sites for hydroxylation is 2. The molecule has 0 spiro atoms. The average Bonchev–Trinajstić information content (AvgIpc) is 2.66. The molecular formula is C20H24BrN3O3S. The molecule has 0 aromatic heterocycles. The van der Waals surface area contributed by atoms with E-state index in [1.54, 1.807) is 11.0 Å². The average molecular weight is 466 g/mol. The Labute approximate surface area is 174 Å². The molecule has 0 aliphatic carbocycles. The molecule has 2 aromatic carbocycles. The second-order valence-electron chi connectivity index (χ2n) is 6.95. The van der Waals surface area contributed by atoms with E-state index in [1.807, 2.05) is 50.2 Å². The quantitative estimate of drug-likeness (QED) is 0.752. The number of urea groups is 1. The molecule has 0 atom stereocenters. The van der Waals surface area contributed by atoms with E-state index >= 15 is 0 Å². The Morgan fingerprint density at radius 1 is 1.07 bits per heavy atom. The number of piperazine rings is 1. The van der Waals surface area contributed by atoms with E-state index in [1.165, 1.54) is 4.31 Å². The molecule has 1 aliphatic rings. The van der Waals surface area contributed by atoms with Crippen molar-refractivity contribution in [3.63, 3.8) is 0 Å². The van der Waals surface area contributed by atoms with Crippen molar-refractivity contribution in [3.05, 3.63) is 63.6 Å². The van der Waals surface area contributed by atoms with Crippen molar-refractivity contribution in [3.8, 4) is 0 Å². The van der Waals surface area contributed by atoms with Gasteiger partial charge in [0.1, 0.15) is 0 Å². The monoisotopic (exact) mass is 465 g/mol. The van der Waals surface area contributed by atoms with Gasteiger partial charge in [-0.1, -0.05) is 45.8 Å². The second-order valence-corrected chi connectivity index (χ2v) is 9.77. The number of carbonyl (C=O) groups is 1. The van der Waals surface area contributed by atoms with Crippen molar-refractivity contribution < 1.29 is 13.2 Å². The minimum atomic E-state index is -3.55. The number of sulfonamides is 1. The van der Waals surface area contributed by atoms with Gasteiger partial charge in [-0.05, 0) is 43.2 Å². The molecular weight excluding hydrogens is 442 g/mol. The molecule has 2 aromatic rings. The van der Waals surface area contributed by atoms with Gasteiger partial charge in [0.15, 0.2) is 0 Å². The third kappa shape index (κ3) is 4.74. The first-order chi connectivity index (χ1) is 13.3. The Bertz CT molecular complexity index is 970. The Kier molecular flexibility index (Phi) is 6.42. The van der Waals surface area contributed by atoms with E-state index in [0.717, 1.165) is 21.2 Å². The summed E-state index contributed by atoms with van der Waals surface area (Å²) in [4.78, 5) is 14.4. The Morgan fingerprint density at radius 2 is 1.79 bits per heavy atom. The highest BCUT2D eigenvalue weighted by Crippen LogP contribution is 2.22.